The molecule has 0 aliphatic rings. The average Bonchev–Trinajstić information content (AvgIpc) is 2.39. The molecule has 6 heteroatoms. The van der Waals surface area contributed by atoms with Crippen LogP contribution in [-0.4, -0.2) is 12.0 Å². The van der Waals surface area contributed by atoms with Crippen LogP contribution in [0.2, 0.25) is 0 Å². The van der Waals surface area contributed by atoms with E-state index < -0.39 is 10.7 Å². The van der Waals surface area contributed by atoms with Gasteiger partial charge in [-0.2, -0.15) is 0 Å². The van der Waals surface area contributed by atoms with Gasteiger partial charge in [0.05, 0.1) is 12.0 Å². The number of hydrogen-bond donors (Lipinski definition) is 1. The van der Waals surface area contributed by atoms with Crippen molar-refractivity contribution in [2.75, 3.05) is 12.4 Å². The third kappa shape index (κ3) is 2.98. The summed E-state index contributed by atoms with van der Waals surface area (Å²) in [5.74, 6) is 0.126. The lowest BCUT2D eigenvalue weighted by Crippen LogP contribution is -1.97. The minimum Gasteiger partial charge on any atom is -0.497 e. The van der Waals surface area contributed by atoms with Crippen LogP contribution in [0.5, 0.6) is 5.75 Å². The molecule has 1 N–H and O–H groups in total. The van der Waals surface area contributed by atoms with Gasteiger partial charge in [0.1, 0.15) is 17.3 Å². The number of benzene rings is 2. The SMILES string of the molecule is COc1ccc(Nc2cc(F)ccc2[N+](=O)[O-])cc1. The summed E-state index contributed by atoms with van der Waals surface area (Å²) in [4.78, 5) is 10.3. The quantitative estimate of drug-likeness (QED) is 0.676. The van der Waals surface area contributed by atoms with Crippen LogP contribution in [0.4, 0.5) is 21.5 Å². The van der Waals surface area contributed by atoms with Gasteiger partial charge in [0.15, 0.2) is 0 Å². The van der Waals surface area contributed by atoms with Gasteiger partial charge in [0.25, 0.3) is 5.69 Å². The Morgan fingerprint density at radius 1 is 1.21 bits per heavy atom. The highest BCUT2D eigenvalue weighted by molar-refractivity contribution is 5.69. The Morgan fingerprint density at radius 2 is 1.89 bits per heavy atom. The Morgan fingerprint density at radius 3 is 2.47 bits per heavy atom. The van der Waals surface area contributed by atoms with Crippen LogP contribution in [0.15, 0.2) is 42.5 Å². The molecule has 2 rings (SSSR count). The van der Waals surface area contributed by atoms with Crippen LogP contribution in [0.3, 0.4) is 0 Å². The summed E-state index contributed by atoms with van der Waals surface area (Å²) in [5, 5.41) is 13.7. The zero-order chi connectivity index (χ0) is 13.8. The standard InChI is InChI=1S/C13H11FN2O3/c1-19-11-5-3-10(4-6-11)15-12-8-9(14)2-7-13(12)16(17)18/h2-8,15H,1H3. The molecule has 2 aromatic rings. The Kier molecular flexibility index (Phi) is 3.61. The zero-order valence-electron chi connectivity index (χ0n) is 10.1. The van der Waals surface area contributed by atoms with Crippen LogP contribution in [0.1, 0.15) is 0 Å². The first-order valence-corrected chi connectivity index (χ1v) is 5.45. The topological polar surface area (TPSA) is 64.4 Å². The maximum atomic E-state index is 13.1. The van der Waals surface area contributed by atoms with Crippen molar-refractivity contribution >= 4 is 17.1 Å². The summed E-state index contributed by atoms with van der Waals surface area (Å²) in [6.07, 6.45) is 0. The molecule has 0 spiro atoms. The average molecular weight is 262 g/mol. The van der Waals surface area contributed by atoms with Crippen molar-refractivity contribution in [2.45, 2.75) is 0 Å². The van der Waals surface area contributed by atoms with Crippen molar-refractivity contribution in [3.8, 4) is 5.75 Å². The third-order valence-electron chi connectivity index (χ3n) is 2.52. The lowest BCUT2D eigenvalue weighted by atomic mass is 10.2. The second kappa shape index (κ2) is 5.34. The Labute approximate surface area is 108 Å². The molecule has 2 aromatic carbocycles. The largest absolute Gasteiger partial charge is 0.497 e. The van der Waals surface area contributed by atoms with E-state index >= 15 is 0 Å². The molecule has 0 saturated heterocycles. The number of ether oxygens (including phenoxy) is 1. The van der Waals surface area contributed by atoms with Crippen molar-refractivity contribution in [3.05, 3.63) is 58.4 Å². The molecular weight excluding hydrogens is 251 g/mol. The molecule has 19 heavy (non-hydrogen) atoms. The predicted molar refractivity (Wildman–Crippen MR) is 69.3 cm³/mol. The molecule has 0 amide bonds. The highest BCUT2D eigenvalue weighted by Crippen LogP contribution is 2.28. The van der Waals surface area contributed by atoms with E-state index in [2.05, 4.69) is 5.32 Å². The summed E-state index contributed by atoms with van der Waals surface area (Å²) in [6, 6.07) is 10.0. The van der Waals surface area contributed by atoms with Crippen molar-refractivity contribution < 1.29 is 14.1 Å². The van der Waals surface area contributed by atoms with Gasteiger partial charge in [-0.3, -0.25) is 10.1 Å². The predicted octanol–water partition coefficient (Wildman–Crippen LogP) is 3.49. The maximum Gasteiger partial charge on any atom is 0.292 e. The molecule has 0 aromatic heterocycles. The Balaban J connectivity index is 2.31. The van der Waals surface area contributed by atoms with Crippen molar-refractivity contribution in [2.24, 2.45) is 0 Å². The fourth-order valence-corrected chi connectivity index (χ4v) is 1.60. The highest BCUT2D eigenvalue weighted by atomic mass is 19.1. The van der Waals surface area contributed by atoms with Crippen molar-refractivity contribution in [1.29, 1.82) is 0 Å². The lowest BCUT2D eigenvalue weighted by molar-refractivity contribution is -0.384. The van der Waals surface area contributed by atoms with Gasteiger partial charge in [0, 0.05) is 17.8 Å². The van der Waals surface area contributed by atoms with Crippen LogP contribution < -0.4 is 10.1 Å². The minimum absolute atomic E-state index is 0.107. The molecule has 0 unspecified atom stereocenters. The van der Waals surface area contributed by atoms with E-state index in [9.17, 15) is 14.5 Å². The third-order valence-corrected chi connectivity index (χ3v) is 2.52. The fourth-order valence-electron chi connectivity index (χ4n) is 1.60. The first-order valence-electron chi connectivity index (χ1n) is 5.45. The Bertz CT molecular complexity index is 599. The monoisotopic (exact) mass is 262 g/mol. The van der Waals surface area contributed by atoms with Gasteiger partial charge in [-0.05, 0) is 30.3 Å². The number of halogens is 1. The maximum absolute atomic E-state index is 13.1. The summed E-state index contributed by atoms with van der Waals surface area (Å²) in [6.45, 7) is 0. The Hall–Kier alpha value is -2.63. The molecule has 0 heterocycles. The molecule has 0 fully saturated rings. The van der Waals surface area contributed by atoms with E-state index in [0.29, 0.717) is 11.4 Å². The molecule has 0 atom stereocenters. The van der Waals surface area contributed by atoms with E-state index in [0.717, 1.165) is 18.2 Å². The first-order chi connectivity index (χ1) is 9.10. The molecular formula is C13H11FN2O3. The fraction of sp³-hybridized carbons (Fsp3) is 0.0769. The van der Waals surface area contributed by atoms with Gasteiger partial charge in [-0.15, -0.1) is 0 Å². The number of nitro benzene ring substituents is 1. The van der Waals surface area contributed by atoms with Gasteiger partial charge in [0.2, 0.25) is 0 Å². The van der Waals surface area contributed by atoms with Gasteiger partial charge in [-0.1, -0.05) is 0 Å². The number of hydrogen-bond acceptors (Lipinski definition) is 4. The van der Waals surface area contributed by atoms with Gasteiger partial charge >= 0.3 is 0 Å². The van der Waals surface area contributed by atoms with E-state index in [1.54, 1.807) is 31.4 Å². The molecule has 0 bridgehead atoms. The minimum atomic E-state index is -0.564. The van der Waals surface area contributed by atoms with Crippen LogP contribution in [-0.2, 0) is 0 Å². The summed E-state index contributed by atoms with van der Waals surface area (Å²) >= 11 is 0. The molecule has 0 saturated carbocycles. The first kappa shape index (κ1) is 12.8. The number of nitro groups is 1. The van der Waals surface area contributed by atoms with Crippen molar-refractivity contribution in [3.63, 3.8) is 0 Å². The normalized spacial score (nSPS) is 10.0. The molecule has 5 nitrogen and oxygen atoms in total. The lowest BCUT2D eigenvalue weighted by Gasteiger charge is -2.08. The van der Waals surface area contributed by atoms with Gasteiger partial charge < -0.3 is 10.1 Å². The number of anilines is 2. The smallest absolute Gasteiger partial charge is 0.292 e. The van der Waals surface area contributed by atoms with Crippen LogP contribution in [0, 0.1) is 15.9 Å². The number of methoxy groups -OCH3 is 1. The van der Waals surface area contributed by atoms with Crippen LogP contribution in [0.25, 0.3) is 0 Å². The number of rotatable bonds is 4. The molecule has 0 aliphatic heterocycles. The van der Waals surface area contributed by atoms with E-state index in [1.165, 1.54) is 0 Å². The van der Waals surface area contributed by atoms with E-state index in [-0.39, 0.29) is 11.4 Å². The number of nitrogens with one attached hydrogen (secondary N) is 1. The van der Waals surface area contributed by atoms with Crippen molar-refractivity contribution in [1.82, 2.24) is 0 Å². The van der Waals surface area contributed by atoms with Gasteiger partial charge in [-0.25, -0.2) is 4.39 Å². The summed E-state index contributed by atoms with van der Waals surface area (Å²) in [7, 11) is 1.54. The van der Waals surface area contributed by atoms with E-state index in [1.807, 2.05) is 0 Å². The molecule has 0 radical (unpaired) electrons. The number of nitrogens with zero attached hydrogens (tertiary/aromatic N) is 1. The molecule has 98 valence electrons. The van der Waals surface area contributed by atoms with E-state index in [4.69, 9.17) is 4.74 Å². The summed E-state index contributed by atoms with van der Waals surface area (Å²) in [5.41, 5.74) is 0.530. The summed E-state index contributed by atoms with van der Waals surface area (Å²) < 4.78 is 18.2. The second-order valence-electron chi connectivity index (χ2n) is 3.77. The zero-order valence-corrected chi connectivity index (χ0v) is 10.1. The molecule has 0 aliphatic carbocycles. The highest BCUT2D eigenvalue weighted by Gasteiger charge is 2.14. The van der Waals surface area contributed by atoms with Crippen LogP contribution >= 0.6 is 0 Å². The second-order valence-corrected chi connectivity index (χ2v) is 3.77.